The molecule has 0 saturated carbocycles. The van der Waals surface area contributed by atoms with Crippen molar-refractivity contribution in [3.63, 3.8) is 0 Å². The first-order chi connectivity index (χ1) is 12.1. The van der Waals surface area contributed by atoms with Crippen molar-refractivity contribution in [2.45, 2.75) is 58.1 Å². The summed E-state index contributed by atoms with van der Waals surface area (Å²) >= 11 is 2.98. The molecule has 0 fully saturated rings. The van der Waals surface area contributed by atoms with E-state index in [1.807, 2.05) is 41.5 Å². The Morgan fingerprint density at radius 3 is 2.62 bits per heavy atom. The molecule has 2 aromatic heterocycles. The van der Waals surface area contributed by atoms with Crippen molar-refractivity contribution in [1.82, 2.24) is 15.3 Å². The SMILES string of the molecule is Cc1sc2nc(CSC(C)C(=O)NC(C)(CN)C(C)C)[nH]c(=O)c2c1C. The van der Waals surface area contributed by atoms with Crippen LogP contribution in [0.5, 0.6) is 0 Å². The number of carbonyl (C=O) groups is 1. The molecule has 0 radical (unpaired) electrons. The topological polar surface area (TPSA) is 101 Å². The Morgan fingerprint density at radius 2 is 2.04 bits per heavy atom. The second-order valence-corrected chi connectivity index (χ2v) is 9.73. The fourth-order valence-electron chi connectivity index (χ4n) is 2.46. The maximum Gasteiger partial charge on any atom is 0.259 e. The van der Waals surface area contributed by atoms with Gasteiger partial charge in [-0.05, 0) is 39.2 Å². The fraction of sp³-hybridized carbons (Fsp3) is 0.611. The summed E-state index contributed by atoms with van der Waals surface area (Å²) in [4.78, 5) is 34.1. The fourth-order valence-corrected chi connectivity index (χ4v) is 4.27. The molecule has 0 aliphatic carbocycles. The van der Waals surface area contributed by atoms with Gasteiger partial charge in [0.25, 0.3) is 5.56 Å². The van der Waals surface area contributed by atoms with Crippen molar-refractivity contribution in [2.75, 3.05) is 6.54 Å². The van der Waals surface area contributed by atoms with Crippen LogP contribution in [-0.2, 0) is 10.5 Å². The Morgan fingerprint density at radius 1 is 1.38 bits per heavy atom. The second-order valence-electron chi connectivity index (χ2n) is 7.19. The van der Waals surface area contributed by atoms with E-state index < -0.39 is 5.54 Å². The van der Waals surface area contributed by atoms with Gasteiger partial charge >= 0.3 is 0 Å². The third kappa shape index (κ3) is 4.29. The van der Waals surface area contributed by atoms with Gasteiger partial charge in [0.15, 0.2) is 0 Å². The van der Waals surface area contributed by atoms with E-state index in [0.717, 1.165) is 15.3 Å². The Balaban J connectivity index is 2.07. The van der Waals surface area contributed by atoms with Gasteiger partial charge in [0, 0.05) is 11.4 Å². The number of rotatable bonds is 7. The number of amides is 1. The first kappa shape index (κ1) is 20.9. The minimum Gasteiger partial charge on any atom is -0.348 e. The predicted octanol–water partition coefficient (Wildman–Crippen LogP) is 2.71. The Kier molecular flexibility index (Phi) is 6.52. The van der Waals surface area contributed by atoms with Crippen molar-refractivity contribution in [3.8, 4) is 0 Å². The highest BCUT2D eigenvalue weighted by Gasteiger charge is 2.30. The highest BCUT2D eigenvalue weighted by Crippen LogP contribution is 2.26. The van der Waals surface area contributed by atoms with E-state index in [4.69, 9.17) is 5.73 Å². The van der Waals surface area contributed by atoms with Crippen molar-refractivity contribution < 1.29 is 4.79 Å². The number of thioether (sulfide) groups is 1. The molecule has 2 heterocycles. The molecule has 0 spiro atoms. The van der Waals surface area contributed by atoms with Crippen LogP contribution in [0, 0.1) is 19.8 Å². The summed E-state index contributed by atoms with van der Waals surface area (Å²) in [6.45, 7) is 12.2. The van der Waals surface area contributed by atoms with Crippen LogP contribution in [0.4, 0.5) is 0 Å². The number of nitrogens with one attached hydrogen (secondary N) is 2. The number of H-pyrrole nitrogens is 1. The molecule has 4 N–H and O–H groups in total. The van der Waals surface area contributed by atoms with Crippen LogP contribution in [0.2, 0.25) is 0 Å². The van der Waals surface area contributed by atoms with Crippen molar-refractivity contribution in [1.29, 1.82) is 0 Å². The third-order valence-corrected chi connectivity index (χ3v) is 7.29. The number of thiophene rings is 1. The number of nitrogens with two attached hydrogens (primary N) is 1. The minimum atomic E-state index is -0.427. The lowest BCUT2D eigenvalue weighted by Crippen LogP contribution is -2.56. The summed E-state index contributed by atoms with van der Waals surface area (Å²) in [6, 6.07) is 0. The zero-order chi connectivity index (χ0) is 19.6. The number of fused-ring (bicyclic) bond motifs is 1. The molecule has 1 amide bonds. The maximum absolute atomic E-state index is 12.5. The van der Waals surface area contributed by atoms with Crippen molar-refractivity contribution in [2.24, 2.45) is 11.7 Å². The summed E-state index contributed by atoms with van der Waals surface area (Å²) in [6.07, 6.45) is 0. The van der Waals surface area contributed by atoms with Gasteiger partial charge in [-0.15, -0.1) is 23.1 Å². The standard InChI is InChI=1S/C18H28N4O2S2/c1-9(2)18(6,8-19)22-15(23)12(5)25-7-13-20-16(24)14-10(3)11(4)26-17(14)21-13/h9,12H,7-8,19H2,1-6H3,(H,22,23)(H,20,21,24). The number of aryl methyl sites for hydroxylation is 2. The highest BCUT2D eigenvalue weighted by molar-refractivity contribution is 7.99. The van der Waals surface area contributed by atoms with Crippen LogP contribution in [-0.4, -0.2) is 33.2 Å². The van der Waals surface area contributed by atoms with Gasteiger partial charge in [0.1, 0.15) is 10.7 Å². The zero-order valence-corrected chi connectivity index (χ0v) is 17.9. The summed E-state index contributed by atoms with van der Waals surface area (Å²) in [7, 11) is 0. The monoisotopic (exact) mass is 396 g/mol. The summed E-state index contributed by atoms with van der Waals surface area (Å²) in [5.74, 6) is 1.25. The number of aromatic amines is 1. The molecule has 2 atom stereocenters. The summed E-state index contributed by atoms with van der Waals surface area (Å²) in [5.41, 5.74) is 6.28. The Hall–Kier alpha value is -1.38. The van der Waals surface area contributed by atoms with E-state index in [-0.39, 0.29) is 22.6 Å². The quantitative estimate of drug-likeness (QED) is 0.668. The van der Waals surface area contributed by atoms with Crippen LogP contribution in [0.25, 0.3) is 10.2 Å². The number of aromatic nitrogens is 2. The van der Waals surface area contributed by atoms with Gasteiger partial charge in [-0.3, -0.25) is 9.59 Å². The average Bonchev–Trinajstić information content (AvgIpc) is 2.86. The lowest BCUT2D eigenvalue weighted by Gasteiger charge is -2.34. The molecule has 0 bridgehead atoms. The van der Waals surface area contributed by atoms with Gasteiger partial charge in [0.2, 0.25) is 5.91 Å². The average molecular weight is 397 g/mol. The molecule has 0 aromatic carbocycles. The highest BCUT2D eigenvalue weighted by atomic mass is 32.2. The van der Waals surface area contributed by atoms with E-state index in [2.05, 4.69) is 15.3 Å². The van der Waals surface area contributed by atoms with Gasteiger partial charge in [-0.25, -0.2) is 4.98 Å². The lowest BCUT2D eigenvalue weighted by atomic mass is 9.88. The smallest absolute Gasteiger partial charge is 0.259 e. The van der Waals surface area contributed by atoms with E-state index in [1.165, 1.54) is 23.1 Å². The first-order valence-corrected chi connectivity index (χ1v) is 10.6. The van der Waals surface area contributed by atoms with E-state index in [1.54, 1.807) is 0 Å². The zero-order valence-electron chi connectivity index (χ0n) is 16.2. The molecule has 2 rings (SSSR count). The Bertz CT molecular complexity index is 859. The minimum absolute atomic E-state index is 0.0529. The van der Waals surface area contributed by atoms with E-state index >= 15 is 0 Å². The molecule has 0 aliphatic rings. The lowest BCUT2D eigenvalue weighted by molar-refractivity contribution is -0.122. The Labute approximate surface area is 162 Å². The number of hydrogen-bond acceptors (Lipinski definition) is 6. The van der Waals surface area contributed by atoms with Gasteiger partial charge < -0.3 is 16.0 Å². The van der Waals surface area contributed by atoms with Gasteiger partial charge in [-0.2, -0.15) is 0 Å². The molecule has 0 aliphatic heterocycles. The van der Waals surface area contributed by atoms with Gasteiger partial charge in [0.05, 0.1) is 21.9 Å². The third-order valence-electron chi connectivity index (χ3n) is 5.03. The molecule has 26 heavy (non-hydrogen) atoms. The predicted molar refractivity (Wildman–Crippen MR) is 111 cm³/mol. The molecule has 8 heteroatoms. The number of hydrogen-bond donors (Lipinski definition) is 3. The second kappa shape index (κ2) is 8.10. The number of carbonyl (C=O) groups excluding carboxylic acids is 1. The molecule has 0 saturated heterocycles. The molecule has 2 unspecified atom stereocenters. The number of nitrogens with zero attached hydrogens (tertiary/aromatic N) is 1. The molecule has 2 aromatic rings. The normalized spacial score (nSPS) is 15.2. The van der Waals surface area contributed by atoms with Crippen LogP contribution in [0.3, 0.4) is 0 Å². The van der Waals surface area contributed by atoms with E-state index in [9.17, 15) is 9.59 Å². The van der Waals surface area contributed by atoms with Crippen molar-refractivity contribution in [3.05, 3.63) is 26.6 Å². The summed E-state index contributed by atoms with van der Waals surface area (Å²) < 4.78 is 0. The molecule has 144 valence electrons. The van der Waals surface area contributed by atoms with Gasteiger partial charge in [-0.1, -0.05) is 13.8 Å². The maximum atomic E-state index is 12.5. The van der Waals surface area contributed by atoms with Crippen LogP contribution >= 0.6 is 23.1 Å². The molecule has 6 nitrogen and oxygen atoms in total. The van der Waals surface area contributed by atoms with Crippen LogP contribution in [0.15, 0.2) is 4.79 Å². The van der Waals surface area contributed by atoms with E-state index in [0.29, 0.717) is 23.5 Å². The van der Waals surface area contributed by atoms with Crippen LogP contribution in [0.1, 0.15) is 44.0 Å². The summed E-state index contributed by atoms with van der Waals surface area (Å²) in [5, 5.41) is 3.45. The largest absolute Gasteiger partial charge is 0.348 e. The molecular formula is C18H28N4O2S2. The molecular weight excluding hydrogens is 368 g/mol. The van der Waals surface area contributed by atoms with Crippen molar-refractivity contribution >= 4 is 39.2 Å². The van der Waals surface area contributed by atoms with Crippen LogP contribution < -0.4 is 16.6 Å². The first-order valence-electron chi connectivity index (χ1n) is 8.71.